The molecule has 2 unspecified atom stereocenters. The van der Waals surface area contributed by atoms with Gasteiger partial charge in [-0.2, -0.15) is 0 Å². The average molecular weight is 329 g/mol. The number of carboxylic acids is 1. The number of benzene rings is 1. The van der Waals surface area contributed by atoms with Gasteiger partial charge in [0.05, 0.1) is 18.6 Å². The molecule has 1 aliphatic heterocycles. The Kier molecular flexibility index (Phi) is 4.35. The minimum atomic E-state index is -0.763. The second-order valence-corrected chi connectivity index (χ2v) is 6.92. The molecule has 2 atom stereocenters. The fourth-order valence-corrected chi connectivity index (χ4v) is 3.49. The van der Waals surface area contributed by atoms with E-state index in [0.29, 0.717) is 25.9 Å². The Morgan fingerprint density at radius 1 is 1.29 bits per heavy atom. The van der Waals surface area contributed by atoms with Crippen LogP contribution in [0.5, 0.6) is 0 Å². The number of nitrogens with zero attached hydrogens (tertiary/aromatic N) is 1. The summed E-state index contributed by atoms with van der Waals surface area (Å²) < 4.78 is 5.59. The third-order valence-electron chi connectivity index (χ3n) is 5.19. The summed E-state index contributed by atoms with van der Waals surface area (Å²) in [6.07, 6.45) is 2.47. The van der Waals surface area contributed by atoms with E-state index in [4.69, 9.17) is 4.42 Å². The van der Waals surface area contributed by atoms with E-state index in [0.717, 1.165) is 16.5 Å². The molecule has 1 aromatic carbocycles. The number of carbonyl (C=O) groups is 2. The maximum atomic E-state index is 12.6. The molecule has 0 bridgehead atoms. The third-order valence-corrected chi connectivity index (χ3v) is 5.19. The van der Waals surface area contributed by atoms with Crippen LogP contribution in [0.1, 0.15) is 30.0 Å². The Morgan fingerprint density at radius 3 is 2.67 bits per heavy atom. The molecule has 1 amide bonds. The molecule has 1 N–H and O–H groups in total. The van der Waals surface area contributed by atoms with E-state index >= 15 is 0 Å². The van der Waals surface area contributed by atoms with Crippen LogP contribution < -0.4 is 0 Å². The lowest BCUT2D eigenvalue weighted by atomic mass is 9.87. The van der Waals surface area contributed by atoms with Crippen molar-refractivity contribution in [3.8, 4) is 0 Å². The van der Waals surface area contributed by atoms with Gasteiger partial charge in [-0.15, -0.1) is 0 Å². The van der Waals surface area contributed by atoms with Gasteiger partial charge in [0.25, 0.3) is 0 Å². The molecule has 2 heterocycles. The molecule has 5 nitrogen and oxygen atoms in total. The Bertz CT molecular complexity index is 792. The molecule has 0 spiro atoms. The van der Waals surface area contributed by atoms with Crippen molar-refractivity contribution in [1.29, 1.82) is 0 Å². The third kappa shape index (κ3) is 3.03. The van der Waals surface area contributed by atoms with Crippen LogP contribution in [-0.2, 0) is 16.0 Å². The topological polar surface area (TPSA) is 70.8 Å². The smallest absolute Gasteiger partial charge is 0.306 e. The number of aryl methyl sites for hydroxylation is 2. The van der Waals surface area contributed by atoms with Crippen LogP contribution in [0.25, 0.3) is 11.0 Å². The van der Waals surface area contributed by atoms with E-state index in [9.17, 15) is 14.7 Å². The summed E-state index contributed by atoms with van der Waals surface area (Å²) in [6.45, 7) is 7.00. The van der Waals surface area contributed by atoms with Gasteiger partial charge in [-0.3, -0.25) is 9.59 Å². The number of fused-ring (bicyclic) bond motifs is 1. The Morgan fingerprint density at radius 2 is 2.00 bits per heavy atom. The number of hydrogen-bond acceptors (Lipinski definition) is 3. The molecule has 24 heavy (non-hydrogen) atoms. The first kappa shape index (κ1) is 16.6. The molecular formula is C19H23NO4. The zero-order chi connectivity index (χ0) is 17.4. The lowest BCUT2D eigenvalue weighted by molar-refractivity contribution is -0.148. The zero-order valence-corrected chi connectivity index (χ0v) is 14.3. The SMILES string of the molecule is Cc1cc2occ(CC(=O)N3CCC(C(=O)O)C(C)C3)c2cc1C. The molecule has 5 heteroatoms. The number of rotatable bonds is 3. The van der Waals surface area contributed by atoms with Crippen LogP contribution >= 0.6 is 0 Å². The van der Waals surface area contributed by atoms with Gasteiger partial charge in [0, 0.05) is 24.0 Å². The van der Waals surface area contributed by atoms with Crippen LogP contribution in [0.2, 0.25) is 0 Å². The Labute approximate surface area is 141 Å². The zero-order valence-electron chi connectivity index (χ0n) is 14.3. The Balaban J connectivity index is 1.74. The van der Waals surface area contributed by atoms with Gasteiger partial charge in [0.15, 0.2) is 0 Å². The molecule has 1 fully saturated rings. The minimum Gasteiger partial charge on any atom is -0.481 e. The van der Waals surface area contributed by atoms with Crippen molar-refractivity contribution >= 4 is 22.8 Å². The van der Waals surface area contributed by atoms with Crippen LogP contribution in [0.3, 0.4) is 0 Å². The van der Waals surface area contributed by atoms with E-state index in [-0.39, 0.29) is 17.7 Å². The molecule has 0 radical (unpaired) electrons. The maximum absolute atomic E-state index is 12.6. The fraction of sp³-hybridized carbons (Fsp3) is 0.474. The van der Waals surface area contributed by atoms with Gasteiger partial charge >= 0.3 is 5.97 Å². The fourth-order valence-electron chi connectivity index (χ4n) is 3.49. The highest BCUT2D eigenvalue weighted by Crippen LogP contribution is 2.27. The molecule has 3 rings (SSSR count). The number of carbonyl (C=O) groups excluding carboxylic acids is 1. The van der Waals surface area contributed by atoms with E-state index in [1.165, 1.54) is 11.1 Å². The summed E-state index contributed by atoms with van der Waals surface area (Å²) in [6, 6.07) is 4.06. The van der Waals surface area contributed by atoms with Gasteiger partial charge in [-0.05, 0) is 49.4 Å². The average Bonchev–Trinajstić information content (AvgIpc) is 2.89. The number of carboxylic acid groups (broad SMARTS) is 1. The van der Waals surface area contributed by atoms with Gasteiger partial charge in [0.2, 0.25) is 5.91 Å². The molecule has 128 valence electrons. The van der Waals surface area contributed by atoms with E-state index in [1.54, 1.807) is 11.2 Å². The van der Waals surface area contributed by atoms with Crippen molar-refractivity contribution in [3.63, 3.8) is 0 Å². The summed E-state index contributed by atoms with van der Waals surface area (Å²) >= 11 is 0. The van der Waals surface area contributed by atoms with Gasteiger partial charge in [-0.25, -0.2) is 0 Å². The number of likely N-dealkylation sites (tertiary alicyclic amines) is 1. The van der Waals surface area contributed by atoms with Gasteiger partial charge < -0.3 is 14.4 Å². The first-order valence-electron chi connectivity index (χ1n) is 8.34. The molecule has 1 saturated heterocycles. The predicted octanol–water partition coefficient (Wildman–Crippen LogP) is 3.16. The normalized spacial score (nSPS) is 21.2. The lowest BCUT2D eigenvalue weighted by Gasteiger charge is -2.35. The highest BCUT2D eigenvalue weighted by Gasteiger charge is 2.33. The molecular weight excluding hydrogens is 306 g/mol. The first-order valence-corrected chi connectivity index (χ1v) is 8.34. The number of furan rings is 1. The van der Waals surface area contributed by atoms with Crippen molar-refractivity contribution < 1.29 is 19.1 Å². The largest absolute Gasteiger partial charge is 0.481 e. The van der Waals surface area contributed by atoms with Crippen LogP contribution in [0.15, 0.2) is 22.8 Å². The summed E-state index contributed by atoms with van der Waals surface area (Å²) in [5.74, 6) is -1.10. The second-order valence-electron chi connectivity index (χ2n) is 6.92. The highest BCUT2D eigenvalue weighted by atomic mass is 16.4. The molecule has 0 saturated carbocycles. The van der Waals surface area contributed by atoms with E-state index < -0.39 is 5.97 Å². The first-order chi connectivity index (χ1) is 11.4. The summed E-state index contributed by atoms with van der Waals surface area (Å²) in [5.41, 5.74) is 4.04. The molecule has 2 aromatic rings. The quantitative estimate of drug-likeness (QED) is 0.939. The maximum Gasteiger partial charge on any atom is 0.306 e. The molecule has 0 aliphatic carbocycles. The minimum absolute atomic E-state index is 0.0220. The van der Waals surface area contributed by atoms with Crippen molar-refractivity contribution in [2.75, 3.05) is 13.1 Å². The standard InChI is InChI=1S/C19H23NO4/c1-11-6-16-14(10-24-17(16)7-12(11)2)8-18(21)20-5-4-15(19(22)23)13(3)9-20/h6-7,10,13,15H,4-5,8-9H2,1-3H3,(H,22,23). The number of piperidine rings is 1. The van der Waals surface area contributed by atoms with Gasteiger partial charge in [0.1, 0.15) is 5.58 Å². The Hall–Kier alpha value is -2.30. The summed E-state index contributed by atoms with van der Waals surface area (Å²) in [7, 11) is 0. The monoisotopic (exact) mass is 329 g/mol. The van der Waals surface area contributed by atoms with Crippen LogP contribution in [0, 0.1) is 25.7 Å². The number of amides is 1. The van der Waals surface area contributed by atoms with Crippen molar-refractivity contribution in [3.05, 3.63) is 35.1 Å². The number of hydrogen-bond donors (Lipinski definition) is 1. The van der Waals surface area contributed by atoms with Crippen LogP contribution in [0.4, 0.5) is 0 Å². The summed E-state index contributed by atoms with van der Waals surface area (Å²) in [5, 5.41) is 10.2. The van der Waals surface area contributed by atoms with E-state index in [2.05, 4.69) is 6.07 Å². The van der Waals surface area contributed by atoms with Crippen molar-refractivity contribution in [2.45, 2.75) is 33.6 Å². The van der Waals surface area contributed by atoms with E-state index in [1.807, 2.05) is 26.8 Å². The van der Waals surface area contributed by atoms with Gasteiger partial charge in [-0.1, -0.05) is 6.92 Å². The molecule has 1 aliphatic rings. The number of aliphatic carboxylic acids is 1. The lowest BCUT2D eigenvalue weighted by Crippen LogP contribution is -2.45. The second kappa shape index (κ2) is 6.30. The molecule has 1 aromatic heterocycles. The van der Waals surface area contributed by atoms with Crippen molar-refractivity contribution in [1.82, 2.24) is 4.90 Å². The van der Waals surface area contributed by atoms with Crippen molar-refractivity contribution in [2.24, 2.45) is 11.8 Å². The van der Waals surface area contributed by atoms with Crippen LogP contribution in [-0.4, -0.2) is 35.0 Å². The summed E-state index contributed by atoms with van der Waals surface area (Å²) in [4.78, 5) is 25.6. The predicted molar refractivity (Wildman–Crippen MR) is 90.9 cm³/mol. The highest BCUT2D eigenvalue weighted by molar-refractivity contribution is 5.88.